The molecule has 0 radical (unpaired) electrons. The van der Waals surface area contributed by atoms with E-state index in [9.17, 15) is 9.59 Å². The number of carboxylic acid groups (broad SMARTS) is 1. The Morgan fingerprint density at radius 3 is 2.88 bits per heavy atom. The van der Waals surface area contributed by atoms with Gasteiger partial charge < -0.3 is 16.2 Å². The summed E-state index contributed by atoms with van der Waals surface area (Å²) in [5.41, 5.74) is 6.43. The molecule has 0 aliphatic rings. The van der Waals surface area contributed by atoms with Gasteiger partial charge in [0.15, 0.2) is 0 Å². The van der Waals surface area contributed by atoms with Crippen LogP contribution in [0.2, 0.25) is 0 Å². The molecule has 0 aromatic carbocycles. The molecule has 0 spiro atoms. The van der Waals surface area contributed by atoms with Gasteiger partial charge in [0.1, 0.15) is 0 Å². The zero-order valence-electron chi connectivity index (χ0n) is 8.64. The van der Waals surface area contributed by atoms with Gasteiger partial charge >= 0.3 is 5.97 Å². The van der Waals surface area contributed by atoms with Gasteiger partial charge in [-0.25, -0.2) is 0 Å². The summed E-state index contributed by atoms with van der Waals surface area (Å²) in [5.74, 6) is -1.27. The number of carbonyl (C=O) groups excluding carboxylic acids is 1. The van der Waals surface area contributed by atoms with Crippen LogP contribution in [0, 0.1) is 0 Å². The van der Waals surface area contributed by atoms with Crippen molar-refractivity contribution in [1.29, 1.82) is 0 Å². The van der Waals surface area contributed by atoms with Gasteiger partial charge in [0.25, 0.3) is 5.91 Å². The Morgan fingerprint density at radius 2 is 2.25 bits per heavy atom. The number of carbonyl (C=O) groups is 2. The molecule has 0 saturated carbocycles. The van der Waals surface area contributed by atoms with Gasteiger partial charge in [-0.15, -0.1) is 0 Å². The molecule has 1 aromatic heterocycles. The lowest BCUT2D eigenvalue weighted by Crippen LogP contribution is -2.26. The van der Waals surface area contributed by atoms with Crippen LogP contribution in [0.15, 0.2) is 18.3 Å². The topological polar surface area (TPSA) is 105 Å². The van der Waals surface area contributed by atoms with Gasteiger partial charge in [-0.3, -0.25) is 14.6 Å². The fourth-order valence-corrected chi connectivity index (χ4v) is 1.12. The normalized spacial score (nSPS) is 9.81. The number of pyridine rings is 1. The second-order valence-corrected chi connectivity index (χ2v) is 3.14. The van der Waals surface area contributed by atoms with E-state index in [4.69, 9.17) is 10.8 Å². The van der Waals surface area contributed by atoms with E-state index in [0.29, 0.717) is 11.3 Å². The molecule has 0 aliphatic heterocycles. The highest BCUT2D eigenvalue weighted by atomic mass is 16.4. The molecule has 16 heavy (non-hydrogen) atoms. The summed E-state index contributed by atoms with van der Waals surface area (Å²) in [6.07, 6.45) is 1.40. The van der Waals surface area contributed by atoms with E-state index in [1.807, 2.05) is 0 Å². The number of aliphatic carboxylic acids is 1. The second kappa shape index (κ2) is 5.82. The molecule has 1 heterocycles. The van der Waals surface area contributed by atoms with Crippen LogP contribution in [0.25, 0.3) is 0 Å². The second-order valence-electron chi connectivity index (χ2n) is 3.14. The maximum atomic E-state index is 11.5. The third-order valence-corrected chi connectivity index (χ3v) is 1.91. The minimum Gasteiger partial charge on any atom is -0.481 e. The zero-order chi connectivity index (χ0) is 12.0. The first-order valence-corrected chi connectivity index (χ1v) is 4.78. The number of carboxylic acids is 1. The van der Waals surface area contributed by atoms with E-state index >= 15 is 0 Å². The average molecular weight is 223 g/mol. The highest BCUT2D eigenvalue weighted by Crippen LogP contribution is 2.00. The van der Waals surface area contributed by atoms with Gasteiger partial charge in [-0.1, -0.05) is 0 Å². The number of nitrogens with zero attached hydrogens (tertiary/aromatic N) is 1. The Labute approximate surface area is 92.5 Å². The van der Waals surface area contributed by atoms with Crippen molar-refractivity contribution in [2.24, 2.45) is 5.73 Å². The Morgan fingerprint density at radius 1 is 1.50 bits per heavy atom. The van der Waals surface area contributed by atoms with Crippen LogP contribution in [-0.2, 0) is 11.3 Å². The molecule has 0 saturated heterocycles. The molecule has 1 aromatic rings. The van der Waals surface area contributed by atoms with Crippen molar-refractivity contribution in [2.45, 2.75) is 13.0 Å². The number of rotatable bonds is 5. The molecule has 86 valence electrons. The van der Waals surface area contributed by atoms with Crippen molar-refractivity contribution >= 4 is 11.9 Å². The first kappa shape index (κ1) is 12.1. The molecular weight excluding hydrogens is 210 g/mol. The Kier molecular flexibility index (Phi) is 4.41. The summed E-state index contributed by atoms with van der Waals surface area (Å²) in [6, 6.07) is 3.13. The molecule has 1 rings (SSSR count). The van der Waals surface area contributed by atoms with Gasteiger partial charge in [-0.2, -0.15) is 0 Å². The molecule has 0 aliphatic carbocycles. The van der Waals surface area contributed by atoms with Crippen molar-refractivity contribution in [3.8, 4) is 0 Å². The quantitative estimate of drug-likeness (QED) is 0.638. The molecule has 0 unspecified atom stereocenters. The van der Waals surface area contributed by atoms with Crippen LogP contribution in [0.1, 0.15) is 22.5 Å². The maximum absolute atomic E-state index is 11.5. The number of nitrogens with one attached hydrogen (secondary N) is 1. The van der Waals surface area contributed by atoms with Crippen LogP contribution in [0.5, 0.6) is 0 Å². The molecule has 4 N–H and O–H groups in total. The van der Waals surface area contributed by atoms with Gasteiger partial charge in [0.2, 0.25) is 0 Å². The molecule has 0 fully saturated rings. The SMILES string of the molecule is NCc1cc(C(=O)NCCC(=O)O)ccn1. The molecule has 6 heteroatoms. The third kappa shape index (κ3) is 3.66. The summed E-state index contributed by atoms with van der Waals surface area (Å²) in [7, 11) is 0. The van der Waals surface area contributed by atoms with Crippen molar-refractivity contribution < 1.29 is 14.7 Å². The van der Waals surface area contributed by atoms with Crippen LogP contribution >= 0.6 is 0 Å². The average Bonchev–Trinajstić information content (AvgIpc) is 2.28. The fraction of sp³-hybridized carbons (Fsp3) is 0.300. The van der Waals surface area contributed by atoms with Gasteiger partial charge in [0, 0.05) is 24.8 Å². The predicted octanol–water partition coefficient (Wildman–Crippen LogP) is -0.255. The Balaban J connectivity index is 2.55. The maximum Gasteiger partial charge on any atom is 0.305 e. The standard InChI is InChI=1S/C10H13N3O3/c11-6-8-5-7(1-3-12-8)10(16)13-4-2-9(14)15/h1,3,5H,2,4,6,11H2,(H,13,16)(H,14,15). The van der Waals surface area contributed by atoms with E-state index in [2.05, 4.69) is 10.3 Å². The summed E-state index contributed by atoms with van der Waals surface area (Å²) >= 11 is 0. The monoisotopic (exact) mass is 223 g/mol. The number of amides is 1. The minimum atomic E-state index is -0.947. The Hall–Kier alpha value is -1.95. The van der Waals surface area contributed by atoms with E-state index in [-0.39, 0.29) is 25.4 Å². The van der Waals surface area contributed by atoms with Crippen molar-refractivity contribution in [3.05, 3.63) is 29.6 Å². The van der Waals surface area contributed by atoms with Crippen LogP contribution in [0.3, 0.4) is 0 Å². The smallest absolute Gasteiger partial charge is 0.305 e. The number of hydrogen-bond acceptors (Lipinski definition) is 4. The van der Waals surface area contributed by atoms with Crippen LogP contribution in [0.4, 0.5) is 0 Å². The summed E-state index contributed by atoms with van der Waals surface area (Å²) in [5, 5.41) is 10.9. The van der Waals surface area contributed by atoms with Crippen molar-refractivity contribution in [1.82, 2.24) is 10.3 Å². The summed E-state index contributed by atoms with van der Waals surface area (Å²) in [4.78, 5) is 25.7. The molecule has 6 nitrogen and oxygen atoms in total. The fourth-order valence-electron chi connectivity index (χ4n) is 1.12. The minimum absolute atomic E-state index is 0.0967. The summed E-state index contributed by atoms with van der Waals surface area (Å²) < 4.78 is 0. The van der Waals surface area contributed by atoms with E-state index in [0.717, 1.165) is 0 Å². The molecule has 1 amide bonds. The number of hydrogen-bond donors (Lipinski definition) is 3. The van der Waals surface area contributed by atoms with E-state index in [1.54, 1.807) is 12.1 Å². The zero-order valence-corrected chi connectivity index (χ0v) is 8.64. The predicted molar refractivity (Wildman–Crippen MR) is 56.7 cm³/mol. The number of aromatic nitrogens is 1. The Bertz CT molecular complexity index is 393. The lowest BCUT2D eigenvalue weighted by molar-refractivity contribution is -0.136. The van der Waals surface area contributed by atoms with Crippen LogP contribution in [-0.4, -0.2) is 28.5 Å². The van der Waals surface area contributed by atoms with Crippen molar-refractivity contribution in [2.75, 3.05) is 6.54 Å². The molecule has 0 atom stereocenters. The number of nitrogens with two attached hydrogens (primary N) is 1. The molecular formula is C10H13N3O3. The molecule has 0 bridgehead atoms. The lowest BCUT2D eigenvalue weighted by Gasteiger charge is -2.04. The van der Waals surface area contributed by atoms with E-state index < -0.39 is 5.97 Å². The van der Waals surface area contributed by atoms with Crippen LogP contribution < -0.4 is 11.1 Å². The van der Waals surface area contributed by atoms with Gasteiger partial charge in [-0.05, 0) is 12.1 Å². The third-order valence-electron chi connectivity index (χ3n) is 1.91. The highest BCUT2D eigenvalue weighted by Gasteiger charge is 2.06. The largest absolute Gasteiger partial charge is 0.481 e. The lowest BCUT2D eigenvalue weighted by atomic mass is 10.2. The summed E-state index contributed by atoms with van der Waals surface area (Å²) in [6.45, 7) is 0.366. The highest BCUT2D eigenvalue weighted by molar-refractivity contribution is 5.94. The first-order chi connectivity index (χ1) is 7.63. The van der Waals surface area contributed by atoms with E-state index in [1.165, 1.54) is 6.20 Å². The first-order valence-electron chi connectivity index (χ1n) is 4.78. The van der Waals surface area contributed by atoms with Crippen molar-refractivity contribution in [3.63, 3.8) is 0 Å². The van der Waals surface area contributed by atoms with Gasteiger partial charge in [0.05, 0.1) is 12.1 Å².